The lowest BCUT2D eigenvalue weighted by Crippen LogP contribution is -2.32. The molecule has 0 radical (unpaired) electrons. The van der Waals surface area contributed by atoms with Gasteiger partial charge in [-0.15, -0.1) is 0 Å². The second-order valence-electron chi connectivity index (χ2n) is 14.6. The zero-order valence-corrected chi connectivity index (χ0v) is 31.2. The summed E-state index contributed by atoms with van der Waals surface area (Å²) in [5, 5.41) is 0. The molecule has 1 aromatic heterocycles. The van der Waals surface area contributed by atoms with E-state index in [-0.39, 0.29) is 0 Å². The van der Waals surface area contributed by atoms with Crippen molar-refractivity contribution >= 4 is 5.69 Å². The molecule has 0 bridgehead atoms. The zero-order chi connectivity index (χ0) is 38.6. The molecular weight excluding hydrogens is 709 g/mol. The minimum atomic E-state index is -0.650. The average molecular weight is 741 g/mol. The lowest BCUT2D eigenvalue weighted by molar-refractivity contribution is 0.436. The van der Waals surface area contributed by atoms with Gasteiger partial charge in [0.1, 0.15) is 11.5 Å². The Morgan fingerprint density at radius 2 is 0.810 bits per heavy atom. The van der Waals surface area contributed by atoms with Crippen molar-refractivity contribution in [1.29, 1.82) is 0 Å². The van der Waals surface area contributed by atoms with Crippen LogP contribution in [0.4, 0.5) is 5.69 Å². The van der Waals surface area contributed by atoms with E-state index in [0.29, 0.717) is 23.2 Å². The molecule has 1 aliphatic carbocycles. The number of rotatable bonds is 5. The molecule has 0 amide bonds. The molecule has 8 aromatic carbocycles. The number of para-hydroxylation sites is 2. The summed E-state index contributed by atoms with van der Waals surface area (Å²) in [5.41, 5.74) is 13.9. The number of ether oxygens (including phenoxy) is 1. The molecule has 1 spiro atoms. The molecule has 270 valence electrons. The third-order valence-electron chi connectivity index (χ3n) is 11.4. The monoisotopic (exact) mass is 740 g/mol. The van der Waals surface area contributed by atoms with Gasteiger partial charge in [-0.25, -0.2) is 19.8 Å². The van der Waals surface area contributed by atoms with E-state index in [0.717, 1.165) is 72.7 Å². The van der Waals surface area contributed by atoms with E-state index in [1.54, 1.807) is 0 Å². The standard InChI is InChI=1S/C53H32N4O/c1-54-41-28-30-43-42-29-27-39(32-46(42)53(47(43)33-41)44-19-8-10-21-48(44)58-49-22-11-9-20-45(49)53)35-25-23-34(24-26-35)38-17-12-18-40(31-38)52-56-50(36-13-4-2-5-14-36)55-51(57-52)37-15-6-3-7-16-37/h2-33H. The smallest absolute Gasteiger partial charge is 0.187 e. The Morgan fingerprint density at radius 3 is 1.40 bits per heavy atom. The highest BCUT2D eigenvalue weighted by Gasteiger charge is 2.51. The molecule has 58 heavy (non-hydrogen) atoms. The van der Waals surface area contributed by atoms with Crippen LogP contribution in [-0.2, 0) is 5.41 Å². The fourth-order valence-electron chi connectivity index (χ4n) is 8.77. The zero-order valence-electron chi connectivity index (χ0n) is 31.2. The van der Waals surface area contributed by atoms with Gasteiger partial charge in [0.2, 0.25) is 0 Å². The molecule has 0 saturated heterocycles. The predicted octanol–water partition coefficient (Wildman–Crippen LogP) is 13.2. The van der Waals surface area contributed by atoms with E-state index < -0.39 is 5.41 Å². The average Bonchev–Trinajstić information content (AvgIpc) is 3.58. The molecule has 0 unspecified atom stereocenters. The van der Waals surface area contributed by atoms with Gasteiger partial charge in [-0.05, 0) is 68.8 Å². The molecule has 2 aliphatic rings. The highest BCUT2D eigenvalue weighted by molar-refractivity contribution is 5.91. The molecule has 0 atom stereocenters. The van der Waals surface area contributed by atoms with Gasteiger partial charge in [-0.3, -0.25) is 0 Å². The van der Waals surface area contributed by atoms with E-state index in [4.69, 9.17) is 26.3 Å². The van der Waals surface area contributed by atoms with Gasteiger partial charge in [-0.2, -0.15) is 0 Å². The van der Waals surface area contributed by atoms with Gasteiger partial charge in [-0.1, -0.05) is 170 Å². The first-order valence-electron chi connectivity index (χ1n) is 19.3. The summed E-state index contributed by atoms with van der Waals surface area (Å²) in [6.07, 6.45) is 0. The molecule has 1 aliphatic heterocycles. The molecular formula is C53H32N4O. The first-order chi connectivity index (χ1) is 28.7. The Bertz CT molecular complexity index is 2990. The normalized spacial score (nSPS) is 12.7. The maximum atomic E-state index is 7.91. The van der Waals surface area contributed by atoms with E-state index in [9.17, 15) is 0 Å². The third kappa shape index (κ3) is 5.27. The molecule has 5 heteroatoms. The Morgan fingerprint density at radius 1 is 0.362 bits per heavy atom. The van der Waals surface area contributed by atoms with Crippen LogP contribution in [0.25, 0.3) is 72.4 Å². The second kappa shape index (κ2) is 13.4. The van der Waals surface area contributed by atoms with E-state index in [2.05, 4.69) is 108 Å². The van der Waals surface area contributed by atoms with Crippen molar-refractivity contribution in [2.45, 2.75) is 5.41 Å². The number of benzene rings is 8. The maximum Gasteiger partial charge on any atom is 0.187 e. The summed E-state index contributed by atoms with van der Waals surface area (Å²) in [5.74, 6) is 3.56. The second-order valence-corrected chi connectivity index (χ2v) is 14.6. The van der Waals surface area contributed by atoms with Gasteiger partial charge < -0.3 is 4.74 Å². The summed E-state index contributed by atoms with van der Waals surface area (Å²) in [6.45, 7) is 7.91. The highest BCUT2D eigenvalue weighted by Crippen LogP contribution is 2.62. The van der Waals surface area contributed by atoms with Crippen molar-refractivity contribution in [3.63, 3.8) is 0 Å². The number of fused-ring (bicyclic) bond motifs is 9. The minimum absolute atomic E-state index is 0.621. The lowest BCUT2D eigenvalue weighted by Gasteiger charge is -2.39. The van der Waals surface area contributed by atoms with Gasteiger partial charge in [0.25, 0.3) is 0 Å². The van der Waals surface area contributed by atoms with Gasteiger partial charge in [0.05, 0.1) is 12.0 Å². The summed E-state index contributed by atoms with van der Waals surface area (Å²) in [4.78, 5) is 18.7. The van der Waals surface area contributed by atoms with Crippen molar-refractivity contribution < 1.29 is 4.74 Å². The molecule has 0 saturated carbocycles. The van der Waals surface area contributed by atoms with Crippen molar-refractivity contribution in [3.05, 3.63) is 228 Å². The van der Waals surface area contributed by atoms with E-state index in [1.165, 1.54) is 11.1 Å². The SMILES string of the molecule is [C-]#[N+]c1ccc2c(c1)C1(c3ccccc3Oc3ccccc31)c1cc(-c3ccc(-c4cccc(-c5nc(-c6ccccc6)nc(-c6ccccc6)n5)c4)cc3)ccc1-2. The summed E-state index contributed by atoms with van der Waals surface area (Å²) in [6, 6.07) is 66.8. The Balaban J connectivity index is 0.997. The van der Waals surface area contributed by atoms with Gasteiger partial charge in [0, 0.05) is 27.8 Å². The van der Waals surface area contributed by atoms with Crippen LogP contribution in [0.1, 0.15) is 22.3 Å². The fraction of sp³-hybridized carbons (Fsp3) is 0.0189. The Labute approximate surface area is 336 Å². The van der Waals surface area contributed by atoms with Crippen LogP contribution in [0.5, 0.6) is 11.5 Å². The molecule has 0 N–H and O–H groups in total. The molecule has 5 nitrogen and oxygen atoms in total. The lowest BCUT2D eigenvalue weighted by atomic mass is 9.66. The quantitative estimate of drug-likeness (QED) is 0.165. The van der Waals surface area contributed by atoms with Crippen molar-refractivity contribution in [2.24, 2.45) is 0 Å². The van der Waals surface area contributed by atoms with Crippen LogP contribution >= 0.6 is 0 Å². The summed E-state index contributed by atoms with van der Waals surface area (Å²) < 4.78 is 6.54. The van der Waals surface area contributed by atoms with Gasteiger partial charge in [0.15, 0.2) is 23.2 Å². The van der Waals surface area contributed by atoms with E-state index >= 15 is 0 Å². The summed E-state index contributed by atoms with van der Waals surface area (Å²) in [7, 11) is 0. The van der Waals surface area contributed by atoms with Gasteiger partial charge >= 0.3 is 0 Å². The first-order valence-corrected chi connectivity index (χ1v) is 19.3. The van der Waals surface area contributed by atoms with Crippen LogP contribution in [0.15, 0.2) is 194 Å². The van der Waals surface area contributed by atoms with Crippen LogP contribution in [-0.4, -0.2) is 15.0 Å². The predicted molar refractivity (Wildman–Crippen MR) is 231 cm³/mol. The van der Waals surface area contributed by atoms with Crippen molar-refractivity contribution in [3.8, 4) is 79.0 Å². The number of aromatic nitrogens is 3. The van der Waals surface area contributed by atoms with Crippen molar-refractivity contribution in [2.75, 3.05) is 0 Å². The van der Waals surface area contributed by atoms with E-state index in [1.807, 2.05) is 91.0 Å². The number of nitrogens with zero attached hydrogens (tertiary/aromatic N) is 4. The molecule has 2 heterocycles. The summed E-state index contributed by atoms with van der Waals surface area (Å²) >= 11 is 0. The Hall–Kier alpha value is -7.94. The fourth-order valence-corrected chi connectivity index (χ4v) is 8.77. The largest absolute Gasteiger partial charge is 0.457 e. The Kier molecular flexibility index (Phi) is 7.70. The third-order valence-corrected chi connectivity index (χ3v) is 11.4. The minimum Gasteiger partial charge on any atom is -0.457 e. The topological polar surface area (TPSA) is 52.3 Å². The molecule has 0 fully saturated rings. The number of hydrogen-bond donors (Lipinski definition) is 0. The molecule has 9 aromatic rings. The molecule has 11 rings (SSSR count). The van der Waals surface area contributed by atoms with Crippen LogP contribution in [0.3, 0.4) is 0 Å². The van der Waals surface area contributed by atoms with Crippen LogP contribution in [0.2, 0.25) is 0 Å². The first kappa shape index (κ1) is 33.4. The van der Waals surface area contributed by atoms with Crippen LogP contribution in [0, 0.1) is 6.57 Å². The maximum absolute atomic E-state index is 7.91. The highest BCUT2D eigenvalue weighted by atomic mass is 16.5. The van der Waals surface area contributed by atoms with Crippen molar-refractivity contribution in [1.82, 2.24) is 15.0 Å². The number of hydrogen-bond acceptors (Lipinski definition) is 4. The van der Waals surface area contributed by atoms with Crippen LogP contribution < -0.4 is 4.74 Å².